The molecule has 0 radical (unpaired) electrons. The Balaban J connectivity index is 1.55. The number of nitrogens with one attached hydrogen (secondary N) is 1. The van der Waals surface area contributed by atoms with Crippen LogP contribution in [-0.4, -0.2) is 51.4 Å². The van der Waals surface area contributed by atoms with Crippen LogP contribution in [0.3, 0.4) is 0 Å². The van der Waals surface area contributed by atoms with Crippen LogP contribution in [0, 0.1) is 12.7 Å². The molecule has 1 amide bonds. The van der Waals surface area contributed by atoms with E-state index in [9.17, 15) is 17.6 Å². The summed E-state index contributed by atoms with van der Waals surface area (Å²) in [5, 5.41) is 2.59. The number of halogens is 1. The normalized spacial score (nSPS) is 16.7. The Labute approximate surface area is 205 Å². The Hall–Kier alpha value is -3.43. The van der Waals surface area contributed by atoms with Crippen molar-refractivity contribution < 1.29 is 22.3 Å². The first-order valence-corrected chi connectivity index (χ1v) is 12.7. The molecule has 0 bridgehead atoms. The van der Waals surface area contributed by atoms with Gasteiger partial charge in [-0.3, -0.25) is 4.79 Å². The van der Waals surface area contributed by atoms with E-state index >= 15 is 0 Å². The molecular formula is C26H28FN3O4S. The number of piperazine rings is 1. The van der Waals surface area contributed by atoms with Crippen molar-refractivity contribution in [2.75, 3.05) is 37.0 Å². The summed E-state index contributed by atoms with van der Waals surface area (Å²) in [5.74, 6) is -1.17. The minimum absolute atomic E-state index is 0.0610. The van der Waals surface area contributed by atoms with Gasteiger partial charge in [-0.2, -0.15) is 4.31 Å². The van der Waals surface area contributed by atoms with Crippen molar-refractivity contribution in [3.63, 3.8) is 0 Å². The molecule has 35 heavy (non-hydrogen) atoms. The van der Waals surface area contributed by atoms with E-state index in [2.05, 4.69) is 16.3 Å². The van der Waals surface area contributed by atoms with Gasteiger partial charge in [0.2, 0.25) is 10.0 Å². The minimum Gasteiger partial charge on any atom is -0.495 e. The molecule has 3 aromatic carbocycles. The molecule has 0 aliphatic carbocycles. The molecule has 0 unspecified atom stereocenters. The Kier molecular flexibility index (Phi) is 7.09. The van der Waals surface area contributed by atoms with E-state index in [1.54, 1.807) is 24.3 Å². The highest BCUT2D eigenvalue weighted by Crippen LogP contribution is 2.27. The summed E-state index contributed by atoms with van der Waals surface area (Å²) in [7, 11) is -2.48. The summed E-state index contributed by atoms with van der Waals surface area (Å²) in [5.41, 5.74) is 2.18. The van der Waals surface area contributed by atoms with E-state index in [0.29, 0.717) is 18.0 Å². The third-order valence-corrected chi connectivity index (χ3v) is 7.96. The van der Waals surface area contributed by atoms with E-state index in [4.69, 9.17) is 4.74 Å². The van der Waals surface area contributed by atoms with Crippen LogP contribution in [0.5, 0.6) is 5.75 Å². The van der Waals surface area contributed by atoms with Crippen molar-refractivity contribution in [3.8, 4) is 5.75 Å². The number of amides is 1. The highest BCUT2D eigenvalue weighted by molar-refractivity contribution is 7.89. The molecule has 0 aromatic heterocycles. The molecule has 1 fully saturated rings. The number of aryl methyl sites for hydroxylation is 1. The number of hydrogen-bond donors (Lipinski definition) is 1. The largest absolute Gasteiger partial charge is 0.495 e. The van der Waals surface area contributed by atoms with E-state index in [0.717, 1.165) is 23.4 Å². The van der Waals surface area contributed by atoms with E-state index in [1.165, 1.54) is 17.5 Å². The lowest BCUT2D eigenvalue weighted by Crippen LogP contribution is -2.53. The third-order valence-electron chi connectivity index (χ3n) is 6.10. The Morgan fingerprint density at radius 2 is 1.83 bits per heavy atom. The van der Waals surface area contributed by atoms with Crippen molar-refractivity contribution in [2.24, 2.45) is 0 Å². The van der Waals surface area contributed by atoms with Crippen molar-refractivity contribution in [3.05, 3.63) is 83.7 Å². The average Bonchev–Trinajstić information content (AvgIpc) is 2.84. The van der Waals surface area contributed by atoms with Crippen LogP contribution >= 0.6 is 0 Å². The summed E-state index contributed by atoms with van der Waals surface area (Å²) >= 11 is 0. The first-order chi connectivity index (χ1) is 16.7. The first-order valence-electron chi connectivity index (χ1n) is 11.3. The highest BCUT2D eigenvalue weighted by Gasteiger charge is 2.33. The van der Waals surface area contributed by atoms with Crippen LogP contribution in [0.4, 0.5) is 15.8 Å². The van der Waals surface area contributed by atoms with E-state index in [-0.39, 0.29) is 29.6 Å². The number of rotatable bonds is 6. The number of methoxy groups -OCH3 is 1. The van der Waals surface area contributed by atoms with Crippen LogP contribution in [0.25, 0.3) is 0 Å². The van der Waals surface area contributed by atoms with Gasteiger partial charge in [0.25, 0.3) is 5.91 Å². The van der Waals surface area contributed by atoms with Crippen molar-refractivity contribution in [1.82, 2.24) is 4.31 Å². The molecule has 9 heteroatoms. The Morgan fingerprint density at radius 1 is 1.06 bits per heavy atom. The minimum atomic E-state index is -3.93. The van der Waals surface area contributed by atoms with Crippen molar-refractivity contribution >= 4 is 27.3 Å². The maximum Gasteiger partial charge on any atom is 0.258 e. The molecule has 1 heterocycles. The zero-order valence-electron chi connectivity index (χ0n) is 19.9. The number of benzene rings is 3. The Bertz CT molecular complexity index is 1350. The molecule has 7 nitrogen and oxygen atoms in total. The molecule has 0 spiro atoms. The fourth-order valence-corrected chi connectivity index (χ4v) is 5.80. The van der Waals surface area contributed by atoms with Gasteiger partial charge in [-0.15, -0.1) is 0 Å². The lowest BCUT2D eigenvalue weighted by atomic mass is 10.1. The fraction of sp³-hybridized carbons (Fsp3) is 0.269. The SMILES string of the molecule is COc1ccccc1NC(=O)c1cc(S(=O)(=O)N2CCN(c3cccc(C)c3)[C@H](C)C2)ccc1F. The maximum atomic E-state index is 14.6. The van der Waals surface area contributed by atoms with Gasteiger partial charge in [0.15, 0.2) is 0 Å². The van der Waals surface area contributed by atoms with Gasteiger partial charge >= 0.3 is 0 Å². The van der Waals surface area contributed by atoms with Gasteiger partial charge in [0, 0.05) is 31.4 Å². The van der Waals surface area contributed by atoms with Crippen LogP contribution in [0.1, 0.15) is 22.8 Å². The molecule has 1 aliphatic rings. The highest BCUT2D eigenvalue weighted by atomic mass is 32.2. The summed E-state index contributed by atoms with van der Waals surface area (Å²) in [4.78, 5) is 14.9. The van der Waals surface area contributed by atoms with Gasteiger partial charge in [-0.25, -0.2) is 12.8 Å². The van der Waals surface area contributed by atoms with Crippen LogP contribution in [-0.2, 0) is 10.0 Å². The number of carbonyl (C=O) groups is 1. The standard InChI is InChI=1S/C26H28FN3O4S/c1-18-7-6-8-20(15-18)30-14-13-29(17-19(30)2)35(32,33)21-11-12-23(27)22(16-21)26(31)28-24-9-4-5-10-25(24)34-3/h4-12,15-16,19H,13-14,17H2,1-3H3,(H,28,31)/t19-/m1/s1. The molecule has 1 aliphatic heterocycles. The molecule has 0 saturated carbocycles. The van der Waals surface area contributed by atoms with Gasteiger partial charge in [-0.05, 0) is 61.9 Å². The number of nitrogens with zero attached hydrogens (tertiary/aromatic N) is 2. The molecule has 3 aromatic rings. The van der Waals surface area contributed by atoms with E-state index < -0.39 is 21.7 Å². The predicted octanol–water partition coefficient (Wildman–Crippen LogP) is 4.29. The number of carbonyl (C=O) groups excluding carboxylic acids is 1. The molecule has 4 rings (SSSR count). The molecule has 184 valence electrons. The zero-order chi connectivity index (χ0) is 25.2. The van der Waals surface area contributed by atoms with E-state index in [1.807, 2.05) is 32.0 Å². The number of ether oxygens (including phenoxy) is 1. The third kappa shape index (κ3) is 5.16. The van der Waals surface area contributed by atoms with Crippen LogP contribution in [0.15, 0.2) is 71.6 Å². The molecule has 1 atom stereocenters. The van der Waals surface area contributed by atoms with Gasteiger partial charge in [-0.1, -0.05) is 24.3 Å². The summed E-state index contributed by atoms with van der Waals surface area (Å²) in [6, 6.07) is 18.0. The van der Waals surface area contributed by atoms with Gasteiger partial charge < -0.3 is 15.0 Å². The number of anilines is 2. The average molecular weight is 498 g/mol. The lowest BCUT2D eigenvalue weighted by Gasteiger charge is -2.40. The van der Waals surface area contributed by atoms with Crippen molar-refractivity contribution in [2.45, 2.75) is 24.8 Å². The fourth-order valence-electron chi connectivity index (χ4n) is 4.26. The first kappa shape index (κ1) is 24.7. The molecule has 1 saturated heterocycles. The van der Waals surface area contributed by atoms with Crippen LogP contribution < -0.4 is 15.0 Å². The second-order valence-corrected chi connectivity index (χ2v) is 10.5. The van der Waals surface area contributed by atoms with Gasteiger partial charge in [0.1, 0.15) is 11.6 Å². The second-order valence-electron chi connectivity index (χ2n) is 8.54. The molecule has 1 N–H and O–H groups in total. The summed E-state index contributed by atoms with van der Waals surface area (Å²) in [6.07, 6.45) is 0. The van der Waals surface area contributed by atoms with Crippen LogP contribution in [0.2, 0.25) is 0 Å². The summed E-state index contributed by atoms with van der Waals surface area (Å²) in [6.45, 7) is 5.06. The number of hydrogen-bond acceptors (Lipinski definition) is 5. The topological polar surface area (TPSA) is 78.9 Å². The number of sulfonamides is 1. The van der Waals surface area contributed by atoms with Gasteiger partial charge in [0.05, 0.1) is 23.3 Å². The second kappa shape index (κ2) is 10.1. The lowest BCUT2D eigenvalue weighted by molar-refractivity contribution is 0.102. The quantitative estimate of drug-likeness (QED) is 0.550. The van der Waals surface area contributed by atoms with Crippen molar-refractivity contribution in [1.29, 1.82) is 0 Å². The predicted molar refractivity (Wildman–Crippen MR) is 134 cm³/mol. The molecular weight excluding hydrogens is 469 g/mol. The smallest absolute Gasteiger partial charge is 0.258 e. The summed E-state index contributed by atoms with van der Waals surface area (Å²) < 4.78 is 48.0. The number of para-hydroxylation sites is 2. The zero-order valence-corrected chi connectivity index (χ0v) is 20.7. The Morgan fingerprint density at radius 3 is 2.54 bits per heavy atom. The monoisotopic (exact) mass is 497 g/mol. The maximum absolute atomic E-state index is 14.6.